The van der Waals surface area contributed by atoms with E-state index < -0.39 is 0 Å². The van der Waals surface area contributed by atoms with Crippen molar-refractivity contribution in [3.8, 4) is 0 Å². The van der Waals surface area contributed by atoms with Crippen LogP contribution >= 0.6 is 0 Å². The minimum atomic E-state index is -0.357. The van der Waals surface area contributed by atoms with Crippen LogP contribution in [0.5, 0.6) is 0 Å². The molecule has 32 heavy (non-hydrogen) atoms. The lowest BCUT2D eigenvalue weighted by molar-refractivity contribution is 0.0943. The van der Waals surface area contributed by atoms with Crippen molar-refractivity contribution in [1.29, 1.82) is 0 Å². The summed E-state index contributed by atoms with van der Waals surface area (Å²) >= 11 is 0. The van der Waals surface area contributed by atoms with Gasteiger partial charge in [0.1, 0.15) is 0 Å². The number of amides is 1. The van der Waals surface area contributed by atoms with Crippen molar-refractivity contribution < 1.29 is 4.79 Å². The maximum Gasteiger partial charge on any atom is 0.352 e. The lowest BCUT2D eigenvalue weighted by atomic mass is 10.1. The van der Waals surface area contributed by atoms with E-state index in [9.17, 15) is 14.4 Å². The van der Waals surface area contributed by atoms with Gasteiger partial charge in [0.25, 0.3) is 11.5 Å². The maximum atomic E-state index is 13.5. The van der Waals surface area contributed by atoms with Gasteiger partial charge >= 0.3 is 5.69 Å². The Morgan fingerprint density at radius 3 is 2.44 bits per heavy atom. The molecule has 0 spiro atoms. The average molecular weight is 434 g/mol. The number of hydrogen-bond acceptors (Lipinski definition) is 4. The van der Waals surface area contributed by atoms with Crippen molar-refractivity contribution in [2.75, 3.05) is 0 Å². The molecule has 1 N–H and O–H groups in total. The van der Waals surface area contributed by atoms with Gasteiger partial charge in [-0.1, -0.05) is 24.3 Å². The molecule has 0 aliphatic heterocycles. The number of hydrogen-bond donors (Lipinski definition) is 1. The highest BCUT2D eigenvalue weighted by Crippen LogP contribution is 2.17. The first-order valence-electron chi connectivity index (χ1n) is 10.7. The third kappa shape index (κ3) is 3.62. The summed E-state index contributed by atoms with van der Waals surface area (Å²) in [5.74, 6) is 0.000872. The van der Waals surface area contributed by atoms with Gasteiger partial charge < -0.3 is 5.32 Å². The van der Waals surface area contributed by atoms with Gasteiger partial charge in [-0.25, -0.2) is 13.9 Å². The molecule has 8 heteroatoms. The zero-order valence-electron chi connectivity index (χ0n) is 18.9. The summed E-state index contributed by atoms with van der Waals surface area (Å²) in [5.41, 5.74) is 2.18. The van der Waals surface area contributed by atoms with Crippen LogP contribution in [0.2, 0.25) is 0 Å². The fraction of sp³-hybridized carbons (Fsp3) is 0.333. The molecule has 0 atom stereocenters. The zero-order chi connectivity index (χ0) is 23.2. The van der Waals surface area contributed by atoms with Gasteiger partial charge in [0, 0.05) is 17.6 Å². The van der Waals surface area contributed by atoms with Crippen molar-refractivity contribution in [3.63, 3.8) is 0 Å². The second-order valence-electron chi connectivity index (χ2n) is 8.63. The van der Waals surface area contributed by atoms with E-state index >= 15 is 0 Å². The van der Waals surface area contributed by atoms with Gasteiger partial charge in [-0.05, 0) is 63.9 Å². The van der Waals surface area contributed by atoms with Crippen LogP contribution in [0.15, 0.2) is 52.1 Å². The molecule has 166 valence electrons. The molecule has 0 saturated heterocycles. The van der Waals surface area contributed by atoms with Crippen molar-refractivity contribution >= 4 is 22.6 Å². The first kappa shape index (κ1) is 21.5. The molecule has 2 aromatic heterocycles. The quantitative estimate of drug-likeness (QED) is 0.524. The summed E-state index contributed by atoms with van der Waals surface area (Å²) < 4.78 is 4.32. The molecule has 2 aromatic carbocycles. The number of carbonyl (C=O) groups excluding carboxylic acids is 1. The Morgan fingerprint density at radius 1 is 1.06 bits per heavy atom. The minimum absolute atomic E-state index is 0.0354. The number of rotatable bonds is 5. The Balaban J connectivity index is 2.02. The molecule has 1 amide bonds. The predicted octanol–water partition coefficient (Wildman–Crippen LogP) is 2.89. The molecule has 8 nitrogen and oxygen atoms in total. The number of fused-ring (bicyclic) bond motifs is 3. The molecule has 4 aromatic rings. The number of benzene rings is 2. The van der Waals surface area contributed by atoms with Gasteiger partial charge in [0.05, 0.1) is 17.4 Å². The summed E-state index contributed by atoms with van der Waals surface area (Å²) in [6, 6.07) is 12.4. The van der Waals surface area contributed by atoms with Crippen molar-refractivity contribution in [1.82, 2.24) is 24.1 Å². The smallest absolute Gasteiger partial charge is 0.350 e. The minimum Gasteiger partial charge on any atom is -0.350 e. The van der Waals surface area contributed by atoms with E-state index in [0.29, 0.717) is 16.5 Å². The van der Waals surface area contributed by atoms with Gasteiger partial charge in [-0.3, -0.25) is 14.2 Å². The Bertz CT molecular complexity index is 1460. The highest BCUT2D eigenvalue weighted by atomic mass is 16.2. The second kappa shape index (κ2) is 8.11. The van der Waals surface area contributed by atoms with Gasteiger partial charge in [0.15, 0.2) is 0 Å². The molecular formula is C24H27N5O3. The van der Waals surface area contributed by atoms with E-state index in [1.165, 1.54) is 13.6 Å². The molecule has 0 fully saturated rings. The third-order valence-corrected chi connectivity index (χ3v) is 5.51. The highest BCUT2D eigenvalue weighted by Gasteiger charge is 2.20. The maximum absolute atomic E-state index is 13.5. The molecule has 0 aliphatic carbocycles. The van der Waals surface area contributed by atoms with Crippen molar-refractivity contribution in [3.05, 3.63) is 80.0 Å². The summed E-state index contributed by atoms with van der Waals surface area (Å²) in [6.45, 7) is 9.77. The standard InChI is InChI=1S/C24H27N5O3/c1-14(2)25-21(30)17-10-11-19-20(12-17)29-23(28(15(3)4)22(19)31)26-27(24(29)32)13-18-9-7-6-8-16(18)5/h6-12,14-15H,13H2,1-5H3,(H,25,30). The molecule has 2 heterocycles. The average Bonchev–Trinajstić information content (AvgIpc) is 3.04. The van der Waals surface area contributed by atoms with E-state index in [2.05, 4.69) is 10.4 Å². The normalized spacial score (nSPS) is 11.7. The van der Waals surface area contributed by atoms with Crippen LogP contribution in [0.1, 0.15) is 55.2 Å². The zero-order valence-corrected chi connectivity index (χ0v) is 18.9. The molecule has 0 radical (unpaired) electrons. The SMILES string of the molecule is Cc1ccccc1Cn1nc2n(C(C)C)c(=O)c3ccc(C(=O)NC(C)C)cc3n2c1=O. The first-order valence-corrected chi connectivity index (χ1v) is 10.7. The number of nitrogens with zero attached hydrogens (tertiary/aromatic N) is 4. The molecule has 0 unspecified atom stereocenters. The van der Waals surface area contributed by atoms with Crippen molar-refractivity contribution in [2.45, 2.75) is 53.2 Å². The van der Waals surface area contributed by atoms with Crippen molar-refractivity contribution in [2.24, 2.45) is 0 Å². The van der Waals surface area contributed by atoms with Crippen LogP contribution in [0.4, 0.5) is 0 Å². The Morgan fingerprint density at radius 2 is 1.78 bits per heavy atom. The summed E-state index contributed by atoms with van der Waals surface area (Å²) in [4.78, 5) is 39.3. The van der Waals surface area contributed by atoms with Crippen LogP contribution in [-0.4, -0.2) is 30.7 Å². The third-order valence-electron chi connectivity index (χ3n) is 5.51. The highest BCUT2D eigenvalue weighted by molar-refractivity contribution is 5.98. The van der Waals surface area contributed by atoms with E-state index in [1.807, 2.05) is 58.9 Å². The van der Waals surface area contributed by atoms with Gasteiger partial charge in [0.2, 0.25) is 5.78 Å². The second-order valence-corrected chi connectivity index (χ2v) is 8.63. The number of aromatic nitrogens is 4. The number of carbonyl (C=O) groups is 1. The van der Waals surface area contributed by atoms with E-state index in [1.54, 1.807) is 18.2 Å². The Kier molecular flexibility index (Phi) is 5.46. The summed E-state index contributed by atoms with van der Waals surface area (Å²) in [5, 5.41) is 7.74. The Labute approximate surface area is 185 Å². The molecule has 0 aliphatic rings. The molecule has 0 bridgehead atoms. The van der Waals surface area contributed by atoms with E-state index in [4.69, 9.17) is 0 Å². The fourth-order valence-corrected chi connectivity index (χ4v) is 3.89. The predicted molar refractivity (Wildman–Crippen MR) is 124 cm³/mol. The number of aryl methyl sites for hydroxylation is 1. The summed E-state index contributed by atoms with van der Waals surface area (Å²) in [7, 11) is 0. The van der Waals surface area contributed by atoms with E-state index in [0.717, 1.165) is 11.1 Å². The largest absolute Gasteiger partial charge is 0.352 e. The van der Waals surface area contributed by atoms with E-state index in [-0.39, 0.29) is 41.6 Å². The lowest BCUT2D eigenvalue weighted by Gasteiger charge is -2.13. The fourth-order valence-electron chi connectivity index (χ4n) is 3.89. The topological polar surface area (TPSA) is 90.4 Å². The molecule has 0 saturated carbocycles. The van der Waals surface area contributed by atoms with Crippen LogP contribution in [0.3, 0.4) is 0 Å². The molecule has 4 rings (SSSR count). The van der Waals surface area contributed by atoms with Crippen LogP contribution in [0.25, 0.3) is 16.7 Å². The summed E-state index contributed by atoms with van der Waals surface area (Å²) in [6.07, 6.45) is 0. The van der Waals surface area contributed by atoms with Crippen LogP contribution in [0, 0.1) is 6.92 Å². The van der Waals surface area contributed by atoms with Gasteiger partial charge in [-0.15, -0.1) is 5.10 Å². The first-order chi connectivity index (χ1) is 15.2. The van der Waals surface area contributed by atoms with Crippen LogP contribution < -0.4 is 16.6 Å². The van der Waals surface area contributed by atoms with Gasteiger partial charge in [-0.2, -0.15) is 0 Å². The monoisotopic (exact) mass is 433 g/mol. The van der Waals surface area contributed by atoms with Crippen LogP contribution in [-0.2, 0) is 6.54 Å². The lowest BCUT2D eigenvalue weighted by Crippen LogP contribution is -2.31. The molecular weight excluding hydrogens is 406 g/mol. The Hall–Kier alpha value is -3.68. The number of nitrogens with one attached hydrogen (secondary N) is 1.